The molecular formula is C19H20N2O3. The van der Waals surface area contributed by atoms with E-state index in [0.717, 1.165) is 17.7 Å². The number of benzene rings is 2. The van der Waals surface area contributed by atoms with Gasteiger partial charge >= 0.3 is 0 Å². The van der Waals surface area contributed by atoms with Gasteiger partial charge in [-0.15, -0.1) is 0 Å². The van der Waals surface area contributed by atoms with Crippen molar-refractivity contribution in [3.8, 4) is 5.75 Å². The predicted octanol–water partition coefficient (Wildman–Crippen LogP) is 2.16. The van der Waals surface area contributed by atoms with Gasteiger partial charge in [0, 0.05) is 0 Å². The van der Waals surface area contributed by atoms with Gasteiger partial charge in [-0.2, -0.15) is 0 Å². The number of methoxy groups -OCH3 is 1. The molecule has 0 aromatic heterocycles. The number of hydrogen-bond donors (Lipinski definition) is 1. The number of nitrogens with zero attached hydrogens (tertiary/aromatic N) is 1. The van der Waals surface area contributed by atoms with Crippen LogP contribution < -0.4 is 15.0 Å². The minimum Gasteiger partial charge on any atom is -0.497 e. The molecule has 0 bridgehead atoms. The molecule has 1 heterocycles. The normalized spacial score (nSPS) is 17.4. The van der Waals surface area contributed by atoms with Crippen molar-refractivity contribution in [1.29, 1.82) is 0 Å². The van der Waals surface area contributed by atoms with Crippen LogP contribution in [0.25, 0.3) is 0 Å². The fourth-order valence-corrected chi connectivity index (χ4v) is 2.82. The molecule has 124 valence electrons. The molecular weight excluding hydrogens is 304 g/mol. The van der Waals surface area contributed by atoms with Crippen molar-refractivity contribution >= 4 is 17.5 Å². The summed E-state index contributed by atoms with van der Waals surface area (Å²) in [5.74, 6) is 0.482. The molecule has 1 fully saturated rings. The lowest BCUT2D eigenvalue weighted by molar-refractivity contribution is -0.121. The lowest BCUT2D eigenvalue weighted by Gasteiger charge is -2.15. The third kappa shape index (κ3) is 3.46. The number of nitrogens with one attached hydrogen (secondary N) is 1. The van der Waals surface area contributed by atoms with E-state index >= 15 is 0 Å². The minimum absolute atomic E-state index is 0.159. The van der Waals surface area contributed by atoms with Crippen LogP contribution >= 0.6 is 0 Å². The van der Waals surface area contributed by atoms with Crippen LogP contribution in [0.5, 0.6) is 5.75 Å². The zero-order chi connectivity index (χ0) is 16.9. The van der Waals surface area contributed by atoms with Gasteiger partial charge in [-0.1, -0.05) is 30.3 Å². The number of hydrogen-bond acceptors (Lipinski definition) is 4. The molecule has 3 rings (SSSR count). The predicted molar refractivity (Wildman–Crippen MR) is 92.0 cm³/mol. The number of imide groups is 1. The topological polar surface area (TPSA) is 58.6 Å². The highest BCUT2D eigenvalue weighted by molar-refractivity contribution is 6.22. The Labute approximate surface area is 141 Å². The second-order valence-electron chi connectivity index (χ2n) is 5.71. The van der Waals surface area contributed by atoms with Crippen LogP contribution in [0.4, 0.5) is 5.69 Å². The highest BCUT2D eigenvalue weighted by atomic mass is 16.5. The summed E-state index contributed by atoms with van der Waals surface area (Å²) in [5, 5.41) is 3.20. The van der Waals surface area contributed by atoms with Gasteiger partial charge in [0.15, 0.2) is 0 Å². The molecule has 1 atom stereocenters. The third-order valence-electron chi connectivity index (χ3n) is 4.12. The van der Waals surface area contributed by atoms with Crippen molar-refractivity contribution in [3.05, 3.63) is 60.2 Å². The molecule has 0 saturated carbocycles. The SMILES string of the molecule is COc1ccc(CCN[C@H]2CC(=O)N(c3ccccc3)C2=O)cc1. The standard InChI is InChI=1S/C19H20N2O3/c1-24-16-9-7-14(8-10-16)11-12-20-17-13-18(22)21(19(17)23)15-5-3-2-4-6-15/h2-10,17,20H,11-13H2,1H3/t17-/m0/s1. The Morgan fingerprint density at radius 1 is 1.08 bits per heavy atom. The highest BCUT2D eigenvalue weighted by Gasteiger charge is 2.38. The molecule has 1 aliphatic heterocycles. The fraction of sp³-hybridized carbons (Fsp3) is 0.263. The quantitative estimate of drug-likeness (QED) is 0.827. The smallest absolute Gasteiger partial charge is 0.251 e. The van der Waals surface area contributed by atoms with Crippen LogP contribution in [0.15, 0.2) is 54.6 Å². The third-order valence-corrected chi connectivity index (χ3v) is 4.12. The fourth-order valence-electron chi connectivity index (χ4n) is 2.82. The van der Waals surface area contributed by atoms with Crippen LogP contribution in [-0.4, -0.2) is 31.5 Å². The van der Waals surface area contributed by atoms with Crippen LogP contribution in [0.2, 0.25) is 0 Å². The summed E-state index contributed by atoms with van der Waals surface area (Å²) in [6.45, 7) is 0.638. The summed E-state index contributed by atoms with van der Waals surface area (Å²) in [6.07, 6.45) is 0.990. The van der Waals surface area contributed by atoms with E-state index in [1.165, 1.54) is 4.90 Å². The molecule has 0 spiro atoms. The molecule has 0 radical (unpaired) electrons. The first kappa shape index (κ1) is 16.2. The second-order valence-corrected chi connectivity index (χ2v) is 5.71. The first-order valence-corrected chi connectivity index (χ1v) is 7.97. The summed E-state index contributed by atoms with van der Waals surface area (Å²) in [7, 11) is 1.64. The van der Waals surface area contributed by atoms with E-state index in [1.807, 2.05) is 42.5 Å². The van der Waals surface area contributed by atoms with Gasteiger partial charge in [0.05, 0.1) is 25.3 Å². The van der Waals surface area contributed by atoms with Crippen molar-refractivity contribution in [2.45, 2.75) is 18.9 Å². The van der Waals surface area contributed by atoms with Crippen molar-refractivity contribution in [2.24, 2.45) is 0 Å². The molecule has 2 aromatic carbocycles. The Balaban J connectivity index is 1.56. The minimum atomic E-state index is -0.448. The Hall–Kier alpha value is -2.66. The van der Waals surface area contributed by atoms with Crippen LogP contribution in [0.1, 0.15) is 12.0 Å². The summed E-state index contributed by atoms with van der Waals surface area (Å²) >= 11 is 0. The van der Waals surface area contributed by atoms with Gasteiger partial charge in [-0.05, 0) is 42.8 Å². The Morgan fingerprint density at radius 3 is 2.46 bits per heavy atom. The zero-order valence-electron chi connectivity index (χ0n) is 13.6. The Kier molecular flexibility index (Phi) is 4.91. The molecule has 5 heteroatoms. The maximum Gasteiger partial charge on any atom is 0.251 e. The van der Waals surface area contributed by atoms with Crippen molar-refractivity contribution in [2.75, 3.05) is 18.6 Å². The first-order chi connectivity index (χ1) is 11.7. The van der Waals surface area contributed by atoms with Gasteiger partial charge < -0.3 is 10.1 Å². The maximum atomic E-state index is 12.5. The lowest BCUT2D eigenvalue weighted by Crippen LogP contribution is -2.39. The zero-order valence-corrected chi connectivity index (χ0v) is 13.6. The molecule has 5 nitrogen and oxygen atoms in total. The van der Waals surface area contributed by atoms with Gasteiger partial charge in [0.25, 0.3) is 5.91 Å². The largest absolute Gasteiger partial charge is 0.497 e. The number of para-hydroxylation sites is 1. The lowest BCUT2D eigenvalue weighted by atomic mass is 10.1. The maximum absolute atomic E-state index is 12.5. The average Bonchev–Trinajstić information content (AvgIpc) is 2.90. The number of amides is 2. The monoisotopic (exact) mass is 324 g/mol. The molecule has 1 aliphatic rings. The van der Waals surface area contributed by atoms with Gasteiger partial charge in [-0.25, -0.2) is 4.90 Å². The van der Waals surface area contributed by atoms with Gasteiger partial charge in [0.2, 0.25) is 5.91 Å². The molecule has 2 amide bonds. The second kappa shape index (κ2) is 7.27. The van der Waals surface area contributed by atoms with Crippen LogP contribution in [0, 0.1) is 0 Å². The van der Waals surface area contributed by atoms with E-state index < -0.39 is 6.04 Å². The molecule has 24 heavy (non-hydrogen) atoms. The van der Waals surface area contributed by atoms with Gasteiger partial charge in [-0.3, -0.25) is 9.59 Å². The number of anilines is 1. The number of carbonyl (C=O) groups is 2. The summed E-state index contributed by atoms with van der Waals surface area (Å²) < 4.78 is 5.13. The van der Waals surface area contributed by atoms with E-state index in [1.54, 1.807) is 19.2 Å². The molecule has 2 aromatic rings. The van der Waals surface area contributed by atoms with Crippen LogP contribution in [0.3, 0.4) is 0 Å². The summed E-state index contributed by atoms with van der Waals surface area (Å²) in [5.41, 5.74) is 1.78. The highest BCUT2D eigenvalue weighted by Crippen LogP contribution is 2.22. The molecule has 0 aliphatic carbocycles. The van der Waals surface area contributed by atoms with Crippen molar-refractivity contribution in [1.82, 2.24) is 5.32 Å². The number of rotatable bonds is 6. The summed E-state index contributed by atoms with van der Waals surface area (Å²) in [6, 6.07) is 16.4. The van der Waals surface area contributed by atoms with E-state index in [-0.39, 0.29) is 18.2 Å². The van der Waals surface area contributed by atoms with E-state index in [9.17, 15) is 9.59 Å². The van der Waals surface area contributed by atoms with E-state index in [4.69, 9.17) is 4.74 Å². The Bertz CT molecular complexity index is 713. The summed E-state index contributed by atoms with van der Waals surface area (Å²) in [4.78, 5) is 25.9. The van der Waals surface area contributed by atoms with E-state index in [2.05, 4.69) is 5.32 Å². The van der Waals surface area contributed by atoms with Crippen LogP contribution in [-0.2, 0) is 16.0 Å². The Morgan fingerprint density at radius 2 is 1.79 bits per heavy atom. The average molecular weight is 324 g/mol. The van der Waals surface area contributed by atoms with Gasteiger partial charge in [0.1, 0.15) is 5.75 Å². The van der Waals surface area contributed by atoms with Crippen molar-refractivity contribution in [3.63, 3.8) is 0 Å². The van der Waals surface area contributed by atoms with E-state index in [0.29, 0.717) is 12.2 Å². The molecule has 0 unspecified atom stereocenters. The number of ether oxygens (including phenoxy) is 1. The first-order valence-electron chi connectivity index (χ1n) is 7.97. The number of carbonyl (C=O) groups excluding carboxylic acids is 2. The van der Waals surface area contributed by atoms with Crippen molar-refractivity contribution < 1.29 is 14.3 Å². The molecule has 1 N–H and O–H groups in total. The molecule has 1 saturated heterocycles.